The molecule has 1 fully saturated rings. The Bertz CT molecular complexity index is 527. The lowest BCUT2D eigenvalue weighted by Crippen LogP contribution is -2.53. The van der Waals surface area contributed by atoms with Gasteiger partial charge in [-0.05, 0) is 6.07 Å². The van der Waals surface area contributed by atoms with Gasteiger partial charge in [-0.3, -0.25) is 0 Å². The highest BCUT2D eigenvalue weighted by atomic mass is 16.5. The van der Waals surface area contributed by atoms with Crippen LogP contribution in [0.5, 0.6) is 5.75 Å². The van der Waals surface area contributed by atoms with Crippen molar-refractivity contribution in [1.82, 2.24) is 15.1 Å². The first-order valence-electron chi connectivity index (χ1n) is 7.13. The second-order valence-electron chi connectivity index (χ2n) is 4.91. The van der Waals surface area contributed by atoms with Gasteiger partial charge in [0, 0.05) is 38.3 Å². The fourth-order valence-corrected chi connectivity index (χ4v) is 2.35. The van der Waals surface area contributed by atoms with Crippen LogP contribution in [-0.2, 0) is 11.3 Å². The molecule has 1 saturated heterocycles. The van der Waals surface area contributed by atoms with Crippen LogP contribution in [0.2, 0.25) is 0 Å². The number of benzene rings is 1. The number of carbonyl (C=O) groups is 2. The summed E-state index contributed by atoms with van der Waals surface area (Å²) in [6.07, 6.45) is -0.353. The molecule has 0 spiro atoms. The summed E-state index contributed by atoms with van der Waals surface area (Å²) in [7, 11) is 2.96. The monoisotopic (exact) mass is 307 g/mol. The van der Waals surface area contributed by atoms with Crippen LogP contribution < -0.4 is 10.1 Å². The van der Waals surface area contributed by atoms with Crippen molar-refractivity contribution < 1.29 is 19.1 Å². The standard InChI is InChI=1S/C15H21N3O4/c1-21-13-6-4-3-5-12(13)11-16-14(19)17-7-9-18(10-8-17)15(20)22-2/h3-6H,7-11H2,1-2H3,(H,16,19). The number of urea groups is 1. The van der Waals surface area contributed by atoms with Gasteiger partial charge in [-0.2, -0.15) is 0 Å². The van der Waals surface area contributed by atoms with Crippen molar-refractivity contribution in [2.75, 3.05) is 40.4 Å². The minimum atomic E-state index is -0.353. The molecule has 0 atom stereocenters. The van der Waals surface area contributed by atoms with Gasteiger partial charge in [0.15, 0.2) is 0 Å². The van der Waals surface area contributed by atoms with E-state index in [-0.39, 0.29) is 12.1 Å². The number of nitrogens with one attached hydrogen (secondary N) is 1. The number of ether oxygens (including phenoxy) is 2. The van der Waals surface area contributed by atoms with Gasteiger partial charge in [-0.1, -0.05) is 18.2 Å². The predicted octanol–water partition coefficient (Wildman–Crippen LogP) is 1.29. The number of methoxy groups -OCH3 is 2. The molecule has 1 aliphatic heterocycles. The van der Waals surface area contributed by atoms with Crippen LogP contribution in [0.1, 0.15) is 5.56 Å². The number of nitrogens with zero attached hydrogens (tertiary/aromatic N) is 2. The first-order chi connectivity index (χ1) is 10.7. The lowest BCUT2D eigenvalue weighted by Gasteiger charge is -2.33. The van der Waals surface area contributed by atoms with Gasteiger partial charge < -0.3 is 24.6 Å². The number of hydrogen-bond acceptors (Lipinski definition) is 4. The van der Waals surface area contributed by atoms with Gasteiger partial charge in [-0.15, -0.1) is 0 Å². The Labute approximate surface area is 129 Å². The van der Waals surface area contributed by atoms with Gasteiger partial charge in [-0.25, -0.2) is 9.59 Å². The van der Waals surface area contributed by atoms with Crippen molar-refractivity contribution in [3.8, 4) is 5.75 Å². The largest absolute Gasteiger partial charge is 0.496 e. The van der Waals surface area contributed by atoms with Crippen molar-refractivity contribution in [3.63, 3.8) is 0 Å². The van der Waals surface area contributed by atoms with E-state index in [0.717, 1.165) is 11.3 Å². The highest BCUT2D eigenvalue weighted by Gasteiger charge is 2.24. The van der Waals surface area contributed by atoms with Gasteiger partial charge in [0.25, 0.3) is 0 Å². The zero-order valence-electron chi connectivity index (χ0n) is 12.9. The topological polar surface area (TPSA) is 71.1 Å². The van der Waals surface area contributed by atoms with E-state index in [0.29, 0.717) is 32.7 Å². The molecule has 1 N–H and O–H groups in total. The summed E-state index contributed by atoms with van der Waals surface area (Å²) in [5, 5.41) is 2.87. The van der Waals surface area contributed by atoms with E-state index in [4.69, 9.17) is 4.74 Å². The fraction of sp³-hybridized carbons (Fsp3) is 0.467. The molecule has 0 unspecified atom stereocenters. The summed E-state index contributed by atoms with van der Waals surface area (Å²) < 4.78 is 9.92. The number of piperazine rings is 1. The molecule has 0 bridgehead atoms. The Morgan fingerprint density at radius 1 is 1.09 bits per heavy atom. The Morgan fingerprint density at radius 2 is 1.73 bits per heavy atom. The molecule has 22 heavy (non-hydrogen) atoms. The average Bonchev–Trinajstić information content (AvgIpc) is 2.59. The molecule has 120 valence electrons. The van der Waals surface area contributed by atoms with E-state index in [1.807, 2.05) is 24.3 Å². The van der Waals surface area contributed by atoms with Crippen LogP contribution in [0.4, 0.5) is 9.59 Å². The second-order valence-corrected chi connectivity index (χ2v) is 4.91. The molecule has 7 nitrogen and oxygen atoms in total. The number of hydrogen-bond donors (Lipinski definition) is 1. The molecule has 3 amide bonds. The van der Waals surface area contributed by atoms with Gasteiger partial charge in [0.2, 0.25) is 0 Å². The van der Waals surface area contributed by atoms with E-state index < -0.39 is 0 Å². The quantitative estimate of drug-likeness (QED) is 0.913. The molecule has 0 aliphatic carbocycles. The molecule has 1 aliphatic rings. The summed E-state index contributed by atoms with van der Waals surface area (Å²) >= 11 is 0. The van der Waals surface area contributed by atoms with E-state index in [1.54, 1.807) is 16.9 Å². The molecule has 7 heteroatoms. The molecule has 0 saturated carbocycles. The van der Waals surface area contributed by atoms with Crippen molar-refractivity contribution in [2.45, 2.75) is 6.54 Å². The predicted molar refractivity (Wildman–Crippen MR) is 80.8 cm³/mol. The first-order valence-corrected chi connectivity index (χ1v) is 7.13. The van der Waals surface area contributed by atoms with Gasteiger partial charge in [0.1, 0.15) is 5.75 Å². The average molecular weight is 307 g/mol. The lowest BCUT2D eigenvalue weighted by molar-refractivity contribution is 0.0970. The summed E-state index contributed by atoms with van der Waals surface area (Å²) in [6.45, 7) is 2.35. The van der Waals surface area contributed by atoms with Crippen molar-refractivity contribution >= 4 is 12.1 Å². The molecule has 0 radical (unpaired) electrons. The first kappa shape index (κ1) is 15.9. The van der Waals surface area contributed by atoms with E-state index in [1.165, 1.54) is 7.11 Å². The zero-order chi connectivity index (χ0) is 15.9. The smallest absolute Gasteiger partial charge is 0.409 e. The van der Waals surface area contributed by atoms with Gasteiger partial charge >= 0.3 is 12.1 Å². The fourth-order valence-electron chi connectivity index (χ4n) is 2.35. The summed E-state index contributed by atoms with van der Waals surface area (Å²) in [5.41, 5.74) is 0.923. The normalized spacial score (nSPS) is 14.5. The Morgan fingerprint density at radius 3 is 2.36 bits per heavy atom. The van der Waals surface area contributed by atoms with Crippen LogP contribution in [-0.4, -0.2) is 62.3 Å². The Balaban J connectivity index is 1.82. The minimum absolute atomic E-state index is 0.143. The Hall–Kier alpha value is -2.44. The van der Waals surface area contributed by atoms with Crippen molar-refractivity contribution in [3.05, 3.63) is 29.8 Å². The highest BCUT2D eigenvalue weighted by molar-refractivity contribution is 5.75. The molecular formula is C15H21N3O4. The lowest BCUT2D eigenvalue weighted by atomic mass is 10.2. The maximum Gasteiger partial charge on any atom is 0.409 e. The van der Waals surface area contributed by atoms with Crippen LogP contribution in [0.25, 0.3) is 0 Å². The highest BCUT2D eigenvalue weighted by Crippen LogP contribution is 2.16. The SMILES string of the molecule is COC(=O)N1CCN(C(=O)NCc2ccccc2OC)CC1. The number of para-hydroxylation sites is 1. The number of rotatable bonds is 3. The number of carbonyl (C=O) groups excluding carboxylic acids is 2. The van der Waals surface area contributed by atoms with Crippen LogP contribution >= 0.6 is 0 Å². The minimum Gasteiger partial charge on any atom is -0.496 e. The molecule has 2 rings (SSSR count). The van der Waals surface area contributed by atoms with E-state index >= 15 is 0 Å². The van der Waals surface area contributed by atoms with Crippen LogP contribution in [0, 0.1) is 0 Å². The Kier molecular flexibility index (Phi) is 5.46. The molecule has 1 aromatic rings. The molecule has 0 aromatic heterocycles. The maximum absolute atomic E-state index is 12.2. The summed E-state index contributed by atoms with van der Waals surface area (Å²) in [4.78, 5) is 26.8. The summed E-state index contributed by atoms with van der Waals surface area (Å²) in [5.74, 6) is 0.748. The summed E-state index contributed by atoms with van der Waals surface area (Å²) in [6, 6.07) is 7.41. The van der Waals surface area contributed by atoms with Gasteiger partial charge in [0.05, 0.1) is 14.2 Å². The maximum atomic E-state index is 12.2. The van der Waals surface area contributed by atoms with Crippen molar-refractivity contribution in [2.24, 2.45) is 0 Å². The van der Waals surface area contributed by atoms with Crippen molar-refractivity contribution in [1.29, 1.82) is 0 Å². The zero-order valence-corrected chi connectivity index (χ0v) is 12.9. The van der Waals surface area contributed by atoms with E-state index in [9.17, 15) is 9.59 Å². The third-order valence-corrected chi connectivity index (χ3v) is 3.62. The second kappa shape index (κ2) is 7.53. The molecule has 1 aromatic carbocycles. The van der Waals surface area contributed by atoms with Crippen LogP contribution in [0.3, 0.4) is 0 Å². The third kappa shape index (κ3) is 3.81. The van der Waals surface area contributed by atoms with E-state index in [2.05, 4.69) is 10.1 Å². The number of amides is 3. The molecule has 1 heterocycles. The van der Waals surface area contributed by atoms with Crippen LogP contribution in [0.15, 0.2) is 24.3 Å². The molecular weight excluding hydrogens is 286 g/mol. The third-order valence-electron chi connectivity index (χ3n) is 3.62.